The van der Waals surface area contributed by atoms with Crippen molar-refractivity contribution in [3.8, 4) is 6.07 Å². The van der Waals surface area contributed by atoms with Gasteiger partial charge in [-0.05, 0) is 12.8 Å². The molecule has 0 saturated heterocycles. The van der Waals surface area contributed by atoms with Crippen molar-refractivity contribution in [1.29, 1.82) is 5.26 Å². The molecule has 0 unspecified atom stereocenters. The molecule has 6 nitrogen and oxygen atoms in total. The lowest BCUT2D eigenvalue weighted by atomic mass is 9.80. The number of nitriles is 1. The summed E-state index contributed by atoms with van der Waals surface area (Å²) in [6, 6.07) is 1.86. The summed E-state index contributed by atoms with van der Waals surface area (Å²) in [6.45, 7) is 3.04. The minimum Gasteiger partial charge on any atom is -0.480 e. The van der Waals surface area contributed by atoms with E-state index in [1.807, 2.05) is 0 Å². The molecule has 0 radical (unpaired) electrons. The number of hydrogen-bond donors (Lipinski definition) is 1. The summed E-state index contributed by atoms with van der Waals surface area (Å²) in [5.74, 6) is -1.19. The Kier molecular flexibility index (Phi) is 4.52. The molecule has 0 bridgehead atoms. The van der Waals surface area contributed by atoms with Crippen molar-refractivity contribution in [3.63, 3.8) is 0 Å². The van der Waals surface area contributed by atoms with E-state index >= 15 is 0 Å². The number of carbonyl (C=O) groups excluding carboxylic acids is 1. The van der Waals surface area contributed by atoms with Crippen molar-refractivity contribution in [3.05, 3.63) is 12.7 Å². The molecule has 0 heterocycles. The van der Waals surface area contributed by atoms with Crippen LogP contribution in [0.15, 0.2) is 12.7 Å². The third-order valence-electron chi connectivity index (χ3n) is 2.60. The standard InChI is InChI=1S/C11H14N2O4/c1-2-3-17-11(16)13(7-10(14)15)9-4-8(5-9)6-12/h2,8-9H,1,3-5,7H2,(H,14,15). The normalized spacial score (nSPS) is 21.8. The van der Waals surface area contributed by atoms with Crippen molar-refractivity contribution in [2.24, 2.45) is 5.92 Å². The fraction of sp³-hybridized carbons (Fsp3) is 0.545. The first-order valence-electron chi connectivity index (χ1n) is 5.24. The Hall–Kier alpha value is -2.03. The van der Waals surface area contributed by atoms with E-state index in [1.165, 1.54) is 6.08 Å². The first-order chi connectivity index (χ1) is 8.08. The zero-order valence-corrected chi connectivity index (χ0v) is 9.33. The summed E-state index contributed by atoms with van der Waals surface area (Å²) >= 11 is 0. The van der Waals surface area contributed by atoms with Gasteiger partial charge in [-0.25, -0.2) is 4.79 Å². The summed E-state index contributed by atoms with van der Waals surface area (Å²) in [4.78, 5) is 23.4. The topological polar surface area (TPSA) is 90.6 Å². The number of amides is 1. The van der Waals surface area contributed by atoms with Gasteiger partial charge in [-0.2, -0.15) is 5.26 Å². The SMILES string of the molecule is C=CCOC(=O)N(CC(=O)O)C1CC(C#N)C1. The van der Waals surface area contributed by atoms with Gasteiger partial charge in [0.1, 0.15) is 13.2 Å². The summed E-state index contributed by atoms with van der Waals surface area (Å²) in [5.41, 5.74) is 0. The van der Waals surface area contributed by atoms with Crippen LogP contribution in [0.4, 0.5) is 4.79 Å². The molecule has 1 amide bonds. The lowest BCUT2D eigenvalue weighted by Crippen LogP contribution is -2.49. The number of carboxylic acid groups (broad SMARTS) is 1. The molecular weight excluding hydrogens is 224 g/mol. The summed E-state index contributed by atoms with van der Waals surface area (Å²) in [7, 11) is 0. The van der Waals surface area contributed by atoms with E-state index in [-0.39, 0.29) is 18.6 Å². The van der Waals surface area contributed by atoms with Crippen LogP contribution in [0.25, 0.3) is 0 Å². The van der Waals surface area contributed by atoms with Crippen molar-refractivity contribution in [1.82, 2.24) is 4.90 Å². The molecule has 92 valence electrons. The van der Waals surface area contributed by atoms with Crippen LogP contribution < -0.4 is 0 Å². The molecule has 1 fully saturated rings. The average molecular weight is 238 g/mol. The fourth-order valence-corrected chi connectivity index (χ4v) is 1.65. The van der Waals surface area contributed by atoms with Gasteiger partial charge in [-0.15, -0.1) is 0 Å². The number of hydrogen-bond acceptors (Lipinski definition) is 4. The second-order valence-corrected chi connectivity index (χ2v) is 3.84. The monoisotopic (exact) mass is 238 g/mol. The molecule has 1 N–H and O–H groups in total. The Morgan fingerprint density at radius 1 is 1.59 bits per heavy atom. The summed E-state index contributed by atoms with van der Waals surface area (Å²) in [6.07, 6.45) is 1.75. The van der Waals surface area contributed by atoms with Crippen molar-refractivity contribution >= 4 is 12.1 Å². The number of carbonyl (C=O) groups is 2. The maximum Gasteiger partial charge on any atom is 0.410 e. The minimum atomic E-state index is -1.10. The van der Waals surface area contributed by atoms with Gasteiger partial charge in [0.25, 0.3) is 0 Å². The largest absolute Gasteiger partial charge is 0.480 e. The smallest absolute Gasteiger partial charge is 0.410 e. The molecule has 1 saturated carbocycles. The van der Waals surface area contributed by atoms with E-state index in [1.54, 1.807) is 0 Å². The molecule has 0 aromatic rings. The molecule has 17 heavy (non-hydrogen) atoms. The second-order valence-electron chi connectivity index (χ2n) is 3.84. The maximum atomic E-state index is 11.6. The molecule has 6 heteroatoms. The number of rotatable bonds is 5. The van der Waals surface area contributed by atoms with Gasteiger partial charge >= 0.3 is 12.1 Å². The number of carboxylic acids is 1. The molecule has 1 rings (SSSR count). The van der Waals surface area contributed by atoms with Crippen molar-refractivity contribution in [2.45, 2.75) is 18.9 Å². The molecule has 1 aliphatic carbocycles. The Balaban J connectivity index is 2.55. The van der Waals surface area contributed by atoms with Crippen LogP contribution in [0.2, 0.25) is 0 Å². The van der Waals surface area contributed by atoms with Crippen LogP contribution in [0.1, 0.15) is 12.8 Å². The predicted octanol–water partition coefficient (Wildman–Crippen LogP) is 0.998. The summed E-state index contributed by atoms with van der Waals surface area (Å²) in [5, 5.41) is 17.3. The van der Waals surface area contributed by atoms with Crippen molar-refractivity contribution < 1.29 is 19.4 Å². The van der Waals surface area contributed by atoms with Gasteiger partial charge in [0, 0.05) is 6.04 Å². The Labute approximate surface area is 99.1 Å². The van der Waals surface area contributed by atoms with Crippen LogP contribution in [-0.4, -0.2) is 41.3 Å². The van der Waals surface area contributed by atoms with Crippen LogP contribution in [0.5, 0.6) is 0 Å². The number of aliphatic carboxylic acids is 1. The molecule has 0 aromatic heterocycles. The Morgan fingerprint density at radius 2 is 2.24 bits per heavy atom. The summed E-state index contributed by atoms with van der Waals surface area (Å²) < 4.78 is 4.80. The maximum absolute atomic E-state index is 11.6. The van der Waals surface area contributed by atoms with E-state index < -0.39 is 18.6 Å². The van der Waals surface area contributed by atoms with E-state index in [0.717, 1.165) is 4.90 Å². The van der Waals surface area contributed by atoms with Gasteiger partial charge in [0.05, 0.1) is 12.0 Å². The van der Waals surface area contributed by atoms with E-state index in [9.17, 15) is 9.59 Å². The molecule has 0 aromatic carbocycles. The quantitative estimate of drug-likeness (QED) is 0.721. The number of nitrogens with zero attached hydrogens (tertiary/aromatic N) is 2. The Bertz CT molecular complexity index is 355. The highest BCUT2D eigenvalue weighted by Gasteiger charge is 2.37. The second kappa shape index (κ2) is 5.89. The lowest BCUT2D eigenvalue weighted by molar-refractivity contribution is -0.139. The zero-order chi connectivity index (χ0) is 12.8. The van der Waals surface area contributed by atoms with Gasteiger partial charge in [0.2, 0.25) is 0 Å². The molecule has 0 aliphatic heterocycles. The number of ether oxygens (including phenoxy) is 1. The third kappa shape index (κ3) is 3.48. The van der Waals surface area contributed by atoms with Gasteiger partial charge in [-0.1, -0.05) is 12.7 Å². The third-order valence-corrected chi connectivity index (χ3v) is 2.60. The highest BCUT2D eigenvalue weighted by Crippen LogP contribution is 2.31. The van der Waals surface area contributed by atoms with Gasteiger partial charge in [-0.3, -0.25) is 9.69 Å². The molecule has 0 atom stereocenters. The van der Waals surface area contributed by atoms with E-state index in [4.69, 9.17) is 15.1 Å². The lowest BCUT2D eigenvalue weighted by Gasteiger charge is -2.38. The molecular formula is C11H14N2O4. The average Bonchev–Trinajstić information content (AvgIpc) is 2.22. The zero-order valence-electron chi connectivity index (χ0n) is 9.33. The van der Waals surface area contributed by atoms with Crippen LogP contribution in [-0.2, 0) is 9.53 Å². The highest BCUT2D eigenvalue weighted by molar-refractivity contribution is 5.77. The highest BCUT2D eigenvalue weighted by atomic mass is 16.6. The van der Waals surface area contributed by atoms with Crippen LogP contribution >= 0.6 is 0 Å². The Morgan fingerprint density at radius 3 is 2.71 bits per heavy atom. The first kappa shape index (κ1) is 13.0. The minimum absolute atomic E-state index is 0.0450. The fourth-order valence-electron chi connectivity index (χ4n) is 1.65. The molecule has 1 aliphatic rings. The van der Waals surface area contributed by atoms with E-state index in [0.29, 0.717) is 12.8 Å². The van der Waals surface area contributed by atoms with E-state index in [2.05, 4.69) is 12.6 Å². The first-order valence-corrected chi connectivity index (χ1v) is 5.24. The van der Waals surface area contributed by atoms with Crippen molar-refractivity contribution in [2.75, 3.05) is 13.2 Å². The van der Waals surface area contributed by atoms with Gasteiger partial charge in [0.15, 0.2) is 0 Å². The predicted molar refractivity (Wildman–Crippen MR) is 58.0 cm³/mol. The van der Waals surface area contributed by atoms with Crippen LogP contribution in [0, 0.1) is 17.2 Å². The van der Waals surface area contributed by atoms with Crippen LogP contribution in [0.3, 0.4) is 0 Å². The molecule has 0 spiro atoms. The van der Waals surface area contributed by atoms with Gasteiger partial charge < -0.3 is 9.84 Å².